The molecule has 3 N–H and O–H groups in total. The molecule has 2 heterocycles. The fourth-order valence-corrected chi connectivity index (χ4v) is 2.62. The number of nitrogens with two attached hydrogens (primary N) is 1. The van der Waals surface area contributed by atoms with Gasteiger partial charge in [0.25, 0.3) is 0 Å². The maximum Gasteiger partial charge on any atom is 0.153 e. The van der Waals surface area contributed by atoms with Gasteiger partial charge in [-0.05, 0) is 24.3 Å². The molecule has 6 heteroatoms. The number of rotatable bonds is 2. The molecule has 20 heavy (non-hydrogen) atoms. The quantitative estimate of drug-likeness (QED) is 0.730. The molecule has 0 saturated heterocycles. The monoisotopic (exact) mass is 348 g/mol. The highest BCUT2D eigenvalue weighted by molar-refractivity contribution is 9.10. The van der Waals surface area contributed by atoms with Crippen molar-refractivity contribution in [1.82, 2.24) is 15.2 Å². The zero-order chi connectivity index (χ0) is 14.1. The van der Waals surface area contributed by atoms with Crippen molar-refractivity contribution in [2.24, 2.45) is 0 Å². The molecule has 0 amide bonds. The number of nitrogens with zero attached hydrogens (tertiary/aromatic N) is 2. The average molecular weight is 350 g/mol. The van der Waals surface area contributed by atoms with E-state index in [1.54, 1.807) is 12.4 Å². The Morgan fingerprint density at radius 2 is 2.10 bits per heavy atom. The molecule has 0 atom stereocenters. The predicted molar refractivity (Wildman–Crippen MR) is 84.4 cm³/mol. The molecule has 4 nitrogen and oxygen atoms in total. The average Bonchev–Trinajstić information content (AvgIpc) is 2.84. The van der Waals surface area contributed by atoms with E-state index in [1.165, 1.54) is 0 Å². The molecule has 100 valence electrons. The van der Waals surface area contributed by atoms with Crippen LogP contribution in [0.25, 0.3) is 22.4 Å². The minimum atomic E-state index is 0.420. The molecule has 0 aliphatic heterocycles. The van der Waals surface area contributed by atoms with E-state index in [1.807, 2.05) is 30.3 Å². The predicted octanol–water partition coefficient (Wildman–Crippen LogP) is 4.14. The molecular weight excluding hydrogens is 340 g/mol. The smallest absolute Gasteiger partial charge is 0.153 e. The number of H-pyrrole nitrogens is 1. The Morgan fingerprint density at radius 3 is 2.85 bits per heavy atom. The Balaban J connectivity index is 2.24. The lowest BCUT2D eigenvalue weighted by atomic mass is 10.0. The van der Waals surface area contributed by atoms with Gasteiger partial charge in [-0.25, -0.2) is 0 Å². The van der Waals surface area contributed by atoms with Crippen LogP contribution in [0.1, 0.15) is 0 Å². The number of aromatic nitrogens is 3. The molecule has 0 radical (unpaired) electrons. The van der Waals surface area contributed by atoms with Crippen LogP contribution in [-0.4, -0.2) is 15.2 Å². The first-order valence-electron chi connectivity index (χ1n) is 5.86. The number of nitrogens with one attached hydrogen (secondary N) is 1. The standard InChI is InChI=1S/C14H10BrClN4/c15-9-3-4-11(16)10(6-9)13-12(14(17)20-19-13)8-2-1-5-18-7-8/h1-7H,(H3,17,19,20). The van der Waals surface area contributed by atoms with Crippen LogP contribution in [0.15, 0.2) is 47.2 Å². The molecule has 3 rings (SSSR count). The second-order valence-corrected chi connectivity index (χ2v) is 5.55. The summed E-state index contributed by atoms with van der Waals surface area (Å²) in [6, 6.07) is 9.42. The van der Waals surface area contributed by atoms with Gasteiger partial charge in [-0.1, -0.05) is 33.6 Å². The Labute approximate surface area is 129 Å². The Kier molecular flexibility index (Phi) is 3.46. The lowest BCUT2D eigenvalue weighted by Crippen LogP contribution is -1.89. The van der Waals surface area contributed by atoms with Crippen molar-refractivity contribution in [3.63, 3.8) is 0 Å². The molecule has 3 aromatic rings. The van der Waals surface area contributed by atoms with Gasteiger partial charge in [0.05, 0.1) is 16.3 Å². The number of anilines is 1. The number of hydrogen-bond donors (Lipinski definition) is 2. The van der Waals surface area contributed by atoms with Crippen molar-refractivity contribution >= 4 is 33.3 Å². The highest BCUT2D eigenvalue weighted by Crippen LogP contribution is 2.38. The zero-order valence-corrected chi connectivity index (χ0v) is 12.6. The van der Waals surface area contributed by atoms with E-state index in [4.69, 9.17) is 17.3 Å². The minimum absolute atomic E-state index is 0.420. The first-order valence-corrected chi connectivity index (χ1v) is 7.03. The maximum atomic E-state index is 6.27. The second-order valence-electron chi connectivity index (χ2n) is 4.22. The van der Waals surface area contributed by atoms with E-state index in [0.29, 0.717) is 10.8 Å². The van der Waals surface area contributed by atoms with Crippen LogP contribution in [0, 0.1) is 0 Å². The first kappa shape index (κ1) is 13.1. The van der Waals surface area contributed by atoms with Gasteiger partial charge in [0.1, 0.15) is 0 Å². The third kappa shape index (κ3) is 2.30. The Morgan fingerprint density at radius 1 is 1.25 bits per heavy atom. The lowest BCUT2D eigenvalue weighted by Gasteiger charge is -2.07. The normalized spacial score (nSPS) is 10.7. The fraction of sp³-hybridized carbons (Fsp3) is 0. The summed E-state index contributed by atoms with van der Waals surface area (Å²) in [6.07, 6.45) is 3.46. The van der Waals surface area contributed by atoms with E-state index in [9.17, 15) is 0 Å². The van der Waals surface area contributed by atoms with Crippen molar-refractivity contribution < 1.29 is 0 Å². The van der Waals surface area contributed by atoms with E-state index in [-0.39, 0.29) is 0 Å². The first-order chi connectivity index (χ1) is 9.66. The van der Waals surface area contributed by atoms with Gasteiger partial charge >= 0.3 is 0 Å². The molecule has 0 aliphatic rings. The minimum Gasteiger partial charge on any atom is -0.382 e. The van der Waals surface area contributed by atoms with Crippen LogP contribution >= 0.6 is 27.5 Å². The third-order valence-corrected chi connectivity index (χ3v) is 3.77. The third-order valence-electron chi connectivity index (χ3n) is 2.94. The highest BCUT2D eigenvalue weighted by atomic mass is 79.9. The van der Waals surface area contributed by atoms with Gasteiger partial charge in [-0.15, -0.1) is 0 Å². The van der Waals surface area contributed by atoms with Crippen molar-refractivity contribution in [1.29, 1.82) is 0 Å². The molecule has 0 bridgehead atoms. The lowest BCUT2D eigenvalue weighted by molar-refractivity contribution is 1.10. The SMILES string of the molecule is Nc1n[nH]c(-c2cc(Br)ccc2Cl)c1-c1cccnc1. The summed E-state index contributed by atoms with van der Waals surface area (Å²) < 4.78 is 0.933. The van der Waals surface area contributed by atoms with Gasteiger partial charge in [0.2, 0.25) is 0 Å². The molecular formula is C14H10BrClN4. The largest absolute Gasteiger partial charge is 0.382 e. The zero-order valence-electron chi connectivity index (χ0n) is 10.3. The molecule has 0 spiro atoms. The molecule has 0 saturated carbocycles. The highest BCUT2D eigenvalue weighted by Gasteiger charge is 2.17. The summed E-state index contributed by atoms with van der Waals surface area (Å²) in [5, 5.41) is 7.67. The van der Waals surface area contributed by atoms with Crippen LogP contribution in [-0.2, 0) is 0 Å². The van der Waals surface area contributed by atoms with Crippen molar-refractivity contribution in [2.75, 3.05) is 5.73 Å². The maximum absolute atomic E-state index is 6.27. The summed E-state index contributed by atoms with van der Waals surface area (Å²) in [7, 11) is 0. The van der Waals surface area contributed by atoms with Crippen molar-refractivity contribution in [2.45, 2.75) is 0 Å². The fourth-order valence-electron chi connectivity index (χ4n) is 2.04. The second kappa shape index (κ2) is 5.26. The van der Waals surface area contributed by atoms with Gasteiger partial charge in [0, 0.05) is 28.0 Å². The number of hydrogen-bond acceptors (Lipinski definition) is 3. The van der Waals surface area contributed by atoms with Crippen LogP contribution in [0.4, 0.5) is 5.82 Å². The number of aromatic amines is 1. The van der Waals surface area contributed by atoms with Crippen LogP contribution in [0.5, 0.6) is 0 Å². The summed E-state index contributed by atoms with van der Waals surface area (Å²) in [6.45, 7) is 0. The van der Waals surface area contributed by atoms with Crippen molar-refractivity contribution in [3.8, 4) is 22.4 Å². The van der Waals surface area contributed by atoms with Crippen LogP contribution < -0.4 is 5.73 Å². The van der Waals surface area contributed by atoms with Gasteiger partial charge < -0.3 is 5.73 Å². The molecule has 2 aromatic heterocycles. The number of pyridine rings is 1. The van der Waals surface area contributed by atoms with Gasteiger partial charge in [-0.2, -0.15) is 5.10 Å². The Bertz CT molecular complexity index is 755. The summed E-state index contributed by atoms with van der Waals surface area (Å²) in [5.41, 5.74) is 9.29. The van der Waals surface area contributed by atoms with E-state index >= 15 is 0 Å². The molecule has 0 fully saturated rings. The van der Waals surface area contributed by atoms with E-state index in [2.05, 4.69) is 31.1 Å². The Hall–Kier alpha value is -1.85. The summed E-state index contributed by atoms with van der Waals surface area (Å²) in [5.74, 6) is 0.420. The molecule has 0 aliphatic carbocycles. The number of benzene rings is 1. The van der Waals surface area contributed by atoms with E-state index < -0.39 is 0 Å². The van der Waals surface area contributed by atoms with Gasteiger partial charge in [0.15, 0.2) is 5.82 Å². The molecule has 1 aromatic carbocycles. The van der Waals surface area contributed by atoms with Gasteiger partial charge in [-0.3, -0.25) is 10.1 Å². The summed E-state index contributed by atoms with van der Waals surface area (Å²) in [4.78, 5) is 4.12. The summed E-state index contributed by atoms with van der Waals surface area (Å²) >= 11 is 9.72. The van der Waals surface area contributed by atoms with Crippen molar-refractivity contribution in [3.05, 3.63) is 52.2 Å². The molecule has 0 unspecified atom stereocenters. The topological polar surface area (TPSA) is 67.6 Å². The number of halogens is 2. The number of nitrogen functional groups attached to an aromatic ring is 1. The van der Waals surface area contributed by atoms with Crippen LogP contribution in [0.2, 0.25) is 5.02 Å². The van der Waals surface area contributed by atoms with Crippen LogP contribution in [0.3, 0.4) is 0 Å². The van der Waals surface area contributed by atoms with E-state index in [0.717, 1.165) is 26.9 Å².